The topological polar surface area (TPSA) is 45.2 Å². The zero-order valence-corrected chi connectivity index (χ0v) is 14.5. The van der Waals surface area contributed by atoms with Gasteiger partial charge >= 0.3 is 0 Å². The fourth-order valence-corrected chi connectivity index (χ4v) is 3.96. The van der Waals surface area contributed by atoms with Crippen LogP contribution in [-0.4, -0.2) is 35.4 Å². The number of aryl methyl sites for hydroxylation is 1. The van der Waals surface area contributed by atoms with Crippen LogP contribution in [0.3, 0.4) is 0 Å². The molecular weight excluding hydrogens is 306 g/mol. The van der Waals surface area contributed by atoms with Gasteiger partial charge in [0.1, 0.15) is 0 Å². The number of nitrogens with one attached hydrogen (secondary N) is 1. The molecule has 0 spiro atoms. The van der Waals surface area contributed by atoms with Crippen molar-refractivity contribution in [2.75, 3.05) is 25.0 Å². The van der Waals surface area contributed by atoms with Crippen LogP contribution in [0, 0.1) is 12.8 Å². The van der Waals surface area contributed by atoms with Gasteiger partial charge in [-0.1, -0.05) is 37.3 Å². The Morgan fingerprint density at radius 3 is 2.91 bits per heavy atom. The second-order valence-electron chi connectivity index (χ2n) is 6.32. The van der Waals surface area contributed by atoms with Gasteiger partial charge in [-0.05, 0) is 32.2 Å². The van der Waals surface area contributed by atoms with Gasteiger partial charge in [-0.25, -0.2) is 4.98 Å². The predicted octanol–water partition coefficient (Wildman–Crippen LogP) is 3.79. The number of carbonyl (C=O) groups excluding carboxylic acids is 1. The highest BCUT2D eigenvalue weighted by Crippen LogP contribution is 2.30. The van der Waals surface area contributed by atoms with Crippen LogP contribution in [0.15, 0.2) is 30.3 Å². The third kappa shape index (κ3) is 4.18. The highest BCUT2D eigenvalue weighted by molar-refractivity contribution is 7.16. The second-order valence-corrected chi connectivity index (χ2v) is 7.52. The van der Waals surface area contributed by atoms with Gasteiger partial charge in [-0.2, -0.15) is 0 Å². The number of amides is 1. The van der Waals surface area contributed by atoms with E-state index < -0.39 is 0 Å². The van der Waals surface area contributed by atoms with Crippen LogP contribution in [0.1, 0.15) is 24.6 Å². The van der Waals surface area contributed by atoms with Crippen molar-refractivity contribution in [1.82, 2.24) is 9.88 Å². The lowest BCUT2D eigenvalue weighted by atomic mass is 10.0. The molecule has 1 aromatic carbocycles. The highest BCUT2D eigenvalue weighted by atomic mass is 32.1. The molecular formula is C18H23N3OS. The molecule has 23 heavy (non-hydrogen) atoms. The number of rotatable bonds is 4. The summed E-state index contributed by atoms with van der Waals surface area (Å²) in [4.78, 5) is 20.2. The minimum absolute atomic E-state index is 0.0347. The first-order valence-electron chi connectivity index (χ1n) is 8.17. The smallest absolute Gasteiger partial charge is 0.240 e. The van der Waals surface area contributed by atoms with Gasteiger partial charge in [-0.15, -0.1) is 11.3 Å². The molecule has 5 heteroatoms. The van der Waals surface area contributed by atoms with Crippen molar-refractivity contribution in [3.8, 4) is 11.3 Å². The molecule has 4 nitrogen and oxygen atoms in total. The zero-order chi connectivity index (χ0) is 16.2. The summed E-state index contributed by atoms with van der Waals surface area (Å²) in [5.41, 5.74) is 2.05. The number of hydrogen-bond donors (Lipinski definition) is 1. The van der Waals surface area contributed by atoms with Crippen LogP contribution in [0.25, 0.3) is 11.3 Å². The summed E-state index contributed by atoms with van der Waals surface area (Å²) in [7, 11) is 0. The van der Waals surface area contributed by atoms with Crippen molar-refractivity contribution in [3.63, 3.8) is 0 Å². The monoisotopic (exact) mass is 329 g/mol. The Morgan fingerprint density at radius 1 is 1.39 bits per heavy atom. The Labute approximate surface area is 141 Å². The maximum atomic E-state index is 12.3. The molecule has 0 saturated carbocycles. The Bertz CT molecular complexity index is 668. The molecule has 0 radical (unpaired) electrons. The molecule has 0 aliphatic carbocycles. The molecule has 1 N–H and O–H groups in total. The molecule has 1 atom stereocenters. The van der Waals surface area contributed by atoms with Gasteiger partial charge < -0.3 is 5.32 Å². The molecule has 1 saturated heterocycles. The van der Waals surface area contributed by atoms with Gasteiger partial charge in [0.2, 0.25) is 5.91 Å². The van der Waals surface area contributed by atoms with E-state index in [2.05, 4.69) is 22.1 Å². The number of hydrogen-bond acceptors (Lipinski definition) is 4. The Balaban J connectivity index is 1.63. The number of benzene rings is 1. The molecule has 0 bridgehead atoms. The minimum atomic E-state index is 0.0347. The minimum Gasteiger partial charge on any atom is -0.301 e. The fourth-order valence-electron chi connectivity index (χ4n) is 3.11. The number of carbonyl (C=O) groups is 1. The standard InChI is InChI=1S/C18H23N3OS/c1-13-7-6-10-21(11-13)12-16(22)19-18-20-17(14(2)23-18)15-8-4-3-5-9-15/h3-5,8-9,13H,6-7,10-12H2,1-2H3,(H,19,20,22)/t13-/m1/s1. The third-order valence-electron chi connectivity index (χ3n) is 4.20. The van der Waals surface area contributed by atoms with E-state index in [1.165, 1.54) is 24.2 Å². The number of aromatic nitrogens is 1. The number of piperidine rings is 1. The molecule has 122 valence electrons. The zero-order valence-electron chi connectivity index (χ0n) is 13.7. The first kappa shape index (κ1) is 16.1. The van der Waals surface area contributed by atoms with E-state index in [-0.39, 0.29) is 5.91 Å². The highest BCUT2D eigenvalue weighted by Gasteiger charge is 2.19. The van der Waals surface area contributed by atoms with Gasteiger partial charge in [0, 0.05) is 17.0 Å². The van der Waals surface area contributed by atoms with Gasteiger partial charge in [-0.3, -0.25) is 9.69 Å². The summed E-state index contributed by atoms with van der Waals surface area (Å²) in [6.45, 7) is 6.79. The molecule has 1 aromatic heterocycles. The number of nitrogens with zero attached hydrogens (tertiary/aromatic N) is 2. The molecule has 1 amide bonds. The quantitative estimate of drug-likeness (QED) is 0.928. The summed E-state index contributed by atoms with van der Waals surface area (Å²) < 4.78 is 0. The first-order chi connectivity index (χ1) is 11.1. The molecule has 2 heterocycles. The van der Waals surface area contributed by atoms with Crippen molar-refractivity contribution < 1.29 is 4.79 Å². The SMILES string of the molecule is Cc1sc(NC(=O)CN2CCC[C@@H](C)C2)nc1-c1ccccc1. The number of anilines is 1. The van der Waals surface area contributed by atoms with Crippen LogP contribution in [0.2, 0.25) is 0 Å². The Morgan fingerprint density at radius 2 is 2.17 bits per heavy atom. The number of thiazole rings is 1. The lowest BCUT2D eigenvalue weighted by Gasteiger charge is -2.29. The Kier molecular flexibility index (Phi) is 5.08. The summed E-state index contributed by atoms with van der Waals surface area (Å²) in [6.07, 6.45) is 2.45. The molecule has 1 fully saturated rings. The van der Waals surface area contributed by atoms with Crippen LogP contribution >= 0.6 is 11.3 Å². The maximum absolute atomic E-state index is 12.3. The van der Waals surface area contributed by atoms with Crippen LogP contribution in [0.5, 0.6) is 0 Å². The average Bonchev–Trinajstić information content (AvgIpc) is 2.88. The van der Waals surface area contributed by atoms with E-state index in [1.54, 1.807) is 0 Å². The lowest BCUT2D eigenvalue weighted by molar-refractivity contribution is -0.117. The first-order valence-corrected chi connectivity index (χ1v) is 8.98. The number of likely N-dealkylation sites (tertiary alicyclic amines) is 1. The van der Waals surface area contributed by atoms with Crippen LogP contribution < -0.4 is 5.32 Å². The maximum Gasteiger partial charge on any atom is 0.240 e. The van der Waals surface area contributed by atoms with Gasteiger partial charge in [0.25, 0.3) is 0 Å². The summed E-state index contributed by atoms with van der Waals surface area (Å²) >= 11 is 1.54. The molecule has 2 aromatic rings. The molecule has 1 aliphatic rings. The van der Waals surface area contributed by atoms with E-state index in [0.29, 0.717) is 17.6 Å². The largest absolute Gasteiger partial charge is 0.301 e. The summed E-state index contributed by atoms with van der Waals surface area (Å²) in [5.74, 6) is 0.718. The van der Waals surface area contributed by atoms with Crippen molar-refractivity contribution in [2.24, 2.45) is 5.92 Å². The third-order valence-corrected chi connectivity index (χ3v) is 5.08. The molecule has 1 aliphatic heterocycles. The fraction of sp³-hybridized carbons (Fsp3) is 0.444. The summed E-state index contributed by atoms with van der Waals surface area (Å²) in [6, 6.07) is 10.1. The van der Waals surface area contributed by atoms with Crippen LogP contribution in [-0.2, 0) is 4.79 Å². The summed E-state index contributed by atoms with van der Waals surface area (Å²) in [5, 5.41) is 3.65. The van der Waals surface area contributed by atoms with Crippen molar-refractivity contribution in [2.45, 2.75) is 26.7 Å². The second kappa shape index (κ2) is 7.23. The van der Waals surface area contributed by atoms with Crippen molar-refractivity contribution >= 4 is 22.4 Å². The molecule has 0 unspecified atom stereocenters. The van der Waals surface area contributed by atoms with Crippen LogP contribution in [0.4, 0.5) is 5.13 Å². The van der Waals surface area contributed by atoms with Crippen molar-refractivity contribution in [3.05, 3.63) is 35.2 Å². The predicted molar refractivity (Wildman–Crippen MR) is 95.8 cm³/mol. The molecule has 3 rings (SSSR count). The van der Waals surface area contributed by atoms with E-state index in [1.807, 2.05) is 37.3 Å². The average molecular weight is 329 g/mol. The van der Waals surface area contributed by atoms with Gasteiger partial charge in [0.05, 0.1) is 12.2 Å². The Hall–Kier alpha value is -1.72. The van der Waals surface area contributed by atoms with E-state index >= 15 is 0 Å². The van der Waals surface area contributed by atoms with Crippen molar-refractivity contribution in [1.29, 1.82) is 0 Å². The van der Waals surface area contributed by atoms with E-state index in [4.69, 9.17) is 0 Å². The van der Waals surface area contributed by atoms with E-state index in [9.17, 15) is 4.79 Å². The van der Waals surface area contributed by atoms with E-state index in [0.717, 1.165) is 29.2 Å². The normalized spacial score (nSPS) is 18.8. The lowest BCUT2D eigenvalue weighted by Crippen LogP contribution is -2.39. The van der Waals surface area contributed by atoms with Gasteiger partial charge in [0.15, 0.2) is 5.13 Å².